The van der Waals surface area contributed by atoms with Crippen molar-refractivity contribution in [1.82, 2.24) is 4.72 Å². The third-order valence-corrected chi connectivity index (χ3v) is 5.17. The Hall–Kier alpha value is -2.29. The van der Waals surface area contributed by atoms with E-state index in [4.69, 9.17) is 22.1 Å². The van der Waals surface area contributed by atoms with Gasteiger partial charge in [-0.25, -0.2) is 13.1 Å². The summed E-state index contributed by atoms with van der Waals surface area (Å²) in [4.78, 5) is 11.3. The minimum Gasteiger partial charge on any atom is -0.482 e. The molecular formula is C15H14ClN3O4S. The minimum absolute atomic E-state index is 0.0126. The van der Waals surface area contributed by atoms with Crippen molar-refractivity contribution in [2.24, 2.45) is 0 Å². The number of sulfonamides is 1. The van der Waals surface area contributed by atoms with E-state index in [1.165, 1.54) is 18.2 Å². The lowest BCUT2D eigenvalue weighted by Gasteiger charge is -2.18. The fourth-order valence-corrected chi connectivity index (χ4v) is 3.48. The van der Waals surface area contributed by atoms with E-state index in [1.807, 2.05) is 0 Å². The lowest BCUT2D eigenvalue weighted by molar-refractivity contribution is -0.118. The molecule has 2 aromatic rings. The quantitative estimate of drug-likeness (QED) is 0.713. The first-order valence-electron chi connectivity index (χ1n) is 6.95. The Kier molecular flexibility index (Phi) is 4.35. The predicted octanol–water partition coefficient (Wildman–Crippen LogP) is 1.73. The Labute approximate surface area is 143 Å². The summed E-state index contributed by atoms with van der Waals surface area (Å²) in [6, 6.07) is 9.10. The molecule has 1 aliphatic rings. The molecule has 9 heteroatoms. The summed E-state index contributed by atoms with van der Waals surface area (Å²) in [6.07, 6.45) is 0. The Morgan fingerprint density at radius 2 is 2.04 bits per heavy atom. The third kappa shape index (κ3) is 3.45. The van der Waals surface area contributed by atoms with E-state index in [0.29, 0.717) is 27.7 Å². The first kappa shape index (κ1) is 16.6. The van der Waals surface area contributed by atoms with Crippen LogP contribution >= 0.6 is 11.6 Å². The molecule has 1 amide bonds. The second kappa shape index (κ2) is 6.31. The zero-order chi connectivity index (χ0) is 17.3. The molecule has 1 aliphatic heterocycles. The van der Waals surface area contributed by atoms with Gasteiger partial charge < -0.3 is 15.8 Å². The number of rotatable bonds is 4. The summed E-state index contributed by atoms with van der Waals surface area (Å²) in [5.74, 6) is 0.0915. The summed E-state index contributed by atoms with van der Waals surface area (Å²) in [7, 11) is -3.78. The second-order valence-electron chi connectivity index (χ2n) is 5.17. The number of amides is 1. The topological polar surface area (TPSA) is 111 Å². The summed E-state index contributed by atoms with van der Waals surface area (Å²) in [6.45, 7) is -0.0750. The summed E-state index contributed by atoms with van der Waals surface area (Å²) in [5.41, 5.74) is 7.02. The average Bonchev–Trinajstić information content (AvgIpc) is 2.53. The maximum Gasteiger partial charge on any atom is 0.262 e. The fourth-order valence-electron chi connectivity index (χ4n) is 2.19. The van der Waals surface area contributed by atoms with Crippen LogP contribution in [0.2, 0.25) is 5.02 Å². The molecule has 0 bridgehead atoms. The van der Waals surface area contributed by atoms with Gasteiger partial charge in [0.15, 0.2) is 6.61 Å². The van der Waals surface area contributed by atoms with Gasteiger partial charge in [-0.1, -0.05) is 17.7 Å². The molecule has 0 unspecified atom stereocenters. The molecule has 1 heterocycles. The van der Waals surface area contributed by atoms with E-state index < -0.39 is 10.0 Å². The molecule has 126 valence electrons. The van der Waals surface area contributed by atoms with Crippen LogP contribution in [0.25, 0.3) is 0 Å². The fraction of sp³-hybridized carbons (Fsp3) is 0.133. The van der Waals surface area contributed by atoms with E-state index in [9.17, 15) is 13.2 Å². The van der Waals surface area contributed by atoms with Crippen molar-refractivity contribution in [3.63, 3.8) is 0 Å². The van der Waals surface area contributed by atoms with E-state index in [0.717, 1.165) is 0 Å². The van der Waals surface area contributed by atoms with Crippen LogP contribution in [0.3, 0.4) is 0 Å². The van der Waals surface area contributed by atoms with E-state index in [1.54, 1.807) is 18.2 Å². The first-order valence-corrected chi connectivity index (χ1v) is 8.81. The number of nitrogens with one attached hydrogen (secondary N) is 2. The number of halogens is 1. The van der Waals surface area contributed by atoms with Crippen LogP contribution in [0.15, 0.2) is 41.3 Å². The standard InChI is InChI=1S/C15H14ClN3O4S/c16-12-5-10(17)2-1-9(12)7-18-24(21,22)11-3-4-14-13(6-11)19-15(20)8-23-14/h1-6,18H,7-8,17H2,(H,19,20). The van der Waals surface area contributed by atoms with Gasteiger partial charge in [0.1, 0.15) is 5.75 Å². The molecule has 0 fully saturated rings. The molecule has 7 nitrogen and oxygen atoms in total. The normalized spacial score (nSPS) is 13.8. The van der Waals surface area contributed by atoms with Crippen molar-refractivity contribution in [3.05, 3.63) is 47.0 Å². The molecule has 0 aliphatic carbocycles. The molecule has 0 aromatic heterocycles. The van der Waals surface area contributed by atoms with Crippen LogP contribution < -0.4 is 20.5 Å². The molecule has 0 spiro atoms. The molecule has 2 aromatic carbocycles. The SMILES string of the molecule is Nc1ccc(CNS(=O)(=O)c2ccc3c(c2)NC(=O)CO3)c(Cl)c1. The van der Waals surface area contributed by atoms with Gasteiger partial charge in [0, 0.05) is 17.3 Å². The zero-order valence-electron chi connectivity index (χ0n) is 12.4. The Balaban J connectivity index is 1.80. The number of fused-ring (bicyclic) bond motifs is 1. The maximum atomic E-state index is 12.4. The highest BCUT2D eigenvalue weighted by molar-refractivity contribution is 7.89. The van der Waals surface area contributed by atoms with Crippen molar-refractivity contribution in [2.45, 2.75) is 11.4 Å². The molecular weight excluding hydrogens is 354 g/mol. The highest BCUT2D eigenvalue weighted by atomic mass is 35.5. The number of carbonyl (C=O) groups excluding carboxylic acids is 1. The molecule has 3 rings (SSSR count). The van der Waals surface area contributed by atoms with Crippen LogP contribution in [0, 0.1) is 0 Å². The molecule has 0 saturated carbocycles. The maximum absolute atomic E-state index is 12.4. The predicted molar refractivity (Wildman–Crippen MR) is 90.5 cm³/mol. The van der Waals surface area contributed by atoms with Crippen molar-refractivity contribution < 1.29 is 17.9 Å². The van der Waals surface area contributed by atoms with E-state index >= 15 is 0 Å². The van der Waals surface area contributed by atoms with Gasteiger partial charge in [-0.05, 0) is 35.9 Å². The smallest absolute Gasteiger partial charge is 0.262 e. The average molecular weight is 368 g/mol. The minimum atomic E-state index is -3.78. The number of ether oxygens (including phenoxy) is 1. The van der Waals surface area contributed by atoms with Crippen LogP contribution in [0.4, 0.5) is 11.4 Å². The monoisotopic (exact) mass is 367 g/mol. The van der Waals surface area contributed by atoms with Crippen LogP contribution in [0.1, 0.15) is 5.56 Å². The largest absolute Gasteiger partial charge is 0.482 e. The lowest BCUT2D eigenvalue weighted by Crippen LogP contribution is -2.27. The number of hydrogen-bond acceptors (Lipinski definition) is 5. The van der Waals surface area contributed by atoms with Gasteiger partial charge in [0.05, 0.1) is 10.6 Å². The zero-order valence-corrected chi connectivity index (χ0v) is 13.9. The number of carbonyl (C=O) groups is 1. The van der Waals surface area contributed by atoms with Crippen LogP contribution in [-0.2, 0) is 21.4 Å². The van der Waals surface area contributed by atoms with Crippen molar-refractivity contribution in [2.75, 3.05) is 17.7 Å². The van der Waals surface area contributed by atoms with Gasteiger partial charge in [-0.15, -0.1) is 0 Å². The molecule has 4 N–H and O–H groups in total. The summed E-state index contributed by atoms with van der Waals surface area (Å²) in [5, 5.41) is 2.95. The molecule has 24 heavy (non-hydrogen) atoms. The van der Waals surface area contributed by atoms with Crippen LogP contribution in [0.5, 0.6) is 5.75 Å². The van der Waals surface area contributed by atoms with E-state index in [2.05, 4.69) is 10.0 Å². The summed E-state index contributed by atoms with van der Waals surface area (Å²) >= 11 is 6.04. The van der Waals surface area contributed by atoms with Gasteiger partial charge in [0.2, 0.25) is 10.0 Å². The number of benzene rings is 2. The van der Waals surface area contributed by atoms with Gasteiger partial charge in [0.25, 0.3) is 5.91 Å². The van der Waals surface area contributed by atoms with Crippen LogP contribution in [-0.4, -0.2) is 20.9 Å². The molecule has 0 saturated heterocycles. The second-order valence-corrected chi connectivity index (χ2v) is 7.34. The number of nitrogen functional groups attached to an aromatic ring is 1. The number of anilines is 2. The van der Waals surface area contributed by atoms with Gasteiger partial charge in [-0.3, -0.25) is 4.79 Å². The van der Waals surface area contributed by atoms with E-state index in [-0.39, 0.29) is 24.0 Å². The van der Waals surface area contributed by atoms with Crippen molar-refractivity contribution in [1.29, 1.82) is 0 Å². The highest BCUT2D eigenvalue weighted by Gasteiger charge is 2.21. The number of nitrogens with two attached hydrogens (primary N) is 1. The first-order chi connectivity index (χ1) is 11.3. The highest BCUT2D eigenvalue weighted by Crippen LogP contribution is 2.30. The van der Waals surface area contributed by atoms with Gasteiger partial charge in [-0.2, -0.15) is 0 Å². The Morgan fingerprint density at radius 1 is 1.25 bits per heavy atom. The molecule has 0 radical (unpaired) electrons. The van der Waals surface area contributed by atoms with Crippen molar-refractivity contribution in [3.8, 4) is 5.75 Å². The molecule has 0 atom stereocenters. The Morgan fingerprint density at radius 3 is 2.79 bits per heavy atom. The van der Waals surface area contributed by atoms with Crippen molar-refractivity contribution >= 4 is 38.9 Å². The Bertz CT molecular complexity index is 915. The van der Waals surface area contributed by atoms with Gasteiger partial charge >= 0.3 is 0 Å². The third-order valence-electron chi connectivity index (χ3n) is 3.42. The lowest BCUT2D eigenvalue weighted by atomic mass is 10.2. The number of hydrogen-bond donors (Lipinski definition) is 3. The summed E-state index contributed by atoms with van der Waals surface area (Å²) < 4.78 is 32.5.